The molecule has 0 aromatic rings. The zero-order chi connectivity index (χ0) is 12.9. The summed E-state index contributed by atoms with van der Waals surface area (Å²) in [5.41, 5.74) is 0. The standard InChI is InChI=1S/C12H19NO4/c13-9-5-1-2-6-10-17-12(16)8-4-3-7-11(14)15/h1-8,10H2,(H,14,15). The molecule has 0 bridgehead atoms. The number of unbranched alkanes of at least 4 members (excludes halogenated alkanes) is 4. The average Bonchev–Trinajstić information content (AvgIpc) is 2.29. The number of esters is 1. The Morgan fingerprint density at radius 1 is 1.06 bits per heavy atom. The van der Waals surface area contributed by atoms with Crippen molar-refractivity contribution in [3.8, 4) is 6.07 Å². The largest absolute Gasteiger partial charge is 0.481 e. The van der Waals surface area contributed by atoms with Crippen LogP contribution >= 0.6 is 0 Å². The summed E-state index contributed by atoms with van der Waals surface area (Å²) in [6.07, 6.45) is 4.50. The second-order valence-electron chi connectivity index (χ2n) is 3.79. The zero-order valence-corrected chi connectivity index (χ0v) is 9.98. The molecule has 0 amide bonds. The third kappa shape index (κ3) is 12.4. The van der Waals surface area contributed by atoms with Crippen LogP contribution in [0.2, 0.25) is 0 Å². The molecule has 0 fully saturated rings. The Balaban J connectivity index is 3.24. The van der Waals surface area contributed by atoms with Crippen molar-refractivity contribution in [2.75, 3.05) is 6.61 Å². The highest BCUT2D eigenvalue weighted by atomic mass is 16.5. The summed E-state index contributed by atoms with van der Waals surface area (Å²) >= 11 is 0. The molecule has 0 unspecified atom stereocenters. The fourth-order valence-corrected chi connectivity index (χ4v) is 1.29. The van der Waals surface area contributed by atoms with Gasteiger partial charge in [-0.2, -0.15) is 5.26 Å². The third-order valence-electron chi connectivity index (χ3n) is 2.22. The number of ether oxygens (including phenoxy) is 1. The number of carboxylic acid groups (broad SMARTS) is 1. The molecule has 17 heavy (non-hydrogen) atoms. The smallest absolute Gasteiger partial charge is 0.305 e. The summed E-state index contributed by atoms with van der Waals surface area (Å²) in [5, 5.41) is 16.7. The van der Waals surface area contributed by atoms with E-state index in [2.05, 4.69) is 6.07 Å². The predicted molar refractivity (Wildman–Crippen MR) is 61.1 cm³/mol. The number of carbonyl (C=O) groups excluding carboxylic acids is 1. The van der Waals surface area contributed by atoms with Gasteiger partial charge >= 0.3 is 11.9 Å². The molecule has 0 aliphatic rings. The molecule has 0 saturated carbocycles. The lowest BCUT2D eigenvalue weighted by atomic mass is 10.2. The monoisotopic (exact) mass is 241 g/mol. The summed E-state index contributed by atoms with van der Waals surface area (Å²) in [6.45, 7) is 0.392. The van der Waals surface area contributed by atoms with Crippen LogP contribution < -0.4 is 0 Å². The van der Waals surface area contributed by atoms with Crippen LogP contribution in [-0.2, 0) is 14.3 Å². The first kappa shape index (κ1) is 15.4. The molecule has 0 rings (SSSR count). The van der Waals surface area contributed by atoms with Crippen molar-refractivity contribution >= 4 is 11.9 Å². The van der Waals surface area contributed by atoms with Crippen molar-refractivity contribution in [2.45, 2.75) is 51.4 Å². The summed E-state index contributed by atoms with van der Waals surface area (Å²) in [6, 6.07) is 2.06. The predicted octanol–water partition coefficient (Wildman–Crippen LogP) is 2.26. The molecule has 0 radical (unpaired) electrons. The molecule has 5 heteroatoms. The normalized spacial score (nSPS) is 9.59. The molecule has 0 saturated heterocycles. The van der Waals surface area contributed by atoms with Crippen LogP contribution in [0.15, 0.2) is 0 Å². The fraction of sp³-hybridized carbons (Fsp3) is 0.750. The summed E-state index contributed by atoms with van der Waals surface area (Å²) in [4.78, 5) is 21.4. The highest BCUT2D eigenvalue weighted by Crippen LogP contribution is 2.03. The maximum atomic E-state index is 11.2. The Kier molecular flexibility index (Phi) is 9.92. The van der Waals surface area contributed by atoms with Crippen LogP contribution in [0.3, 0.4) is 0 Å². The number of carboxylic acids is 1. The first-order valence-electron chi connectivity index (χ1n) is 5.91. The molecule has 0 aliphatic carbocycles. The van der Waals surface area contributed by atoms with E-state index in [-0.39, 0.29) is 18.8 Å². The minimum absolute atomic E-state index is 0.0987. The number of carbonyl (C=O) groups is 2. The van der Waals surface area contributed by atoms with Gasteiger partial charge in [-0.3, -0.25) is 9.59 Å². The molecular formula is C12H19NO4. The number of aliphatic carboxylic acids is 1. The van der Waals surface area contributed by atoms with Crippen molar-refractivity contribution in [3.63, 3.8) is 0 Å². The van der Waals surface area contributed by atoms with E-state index in [1.54, 1.807) is 0 Å². The summed E-state index contributed by atoms with van der Waals surface area (Å²) in [5.74, 6) is -1.11. The van der Waals surface area contributed by atoms with Crippen molar-refractivity contribution in [1.82, 2.24) is 0 Å². The van der Waals surface area contributed by atoms with Crippen molar-refractivity contribution < 1.29 is 19.4 Å². The molecule has 1 N–H and O–H groups in total. The SMILES string of the molecule is N#CCCCCCOC(=O)CCCCC(=O)O. The highest BCUT2D eigenvalue weighted by Gasteiger charge is 2.03. The van der Waals surface area contributed by atoms with Gasteiger partial charge in [0.25, 0.3) is 0 Å². The van der Waals surface area contributed by atoms with Gasteiger partial charge in [0.05, 0.1) is 12.7 Å². The summed E-state index contributed by atoms with van der Waals surface area (Å²) < 4.78 is 4.96. The molecule has 5 nitrogen and oxygen atoms in total. The van der Waals surface area contributed by atoms with Gasteiger partial charge in [0.1, 0.15) is 0 Å². The quantitative estimate of drug-likeness (QED) is 0.468. The lowest BCUT2D eigenvalue weighted by molar-refractivity contribution is -0.144. The molecular weight excluding hydrogens is 222 g/mol. The van der Waals surface area contributed by atoms with E-state index in [1.807, 2.05) is 0 Å². The van der Waals surface area contributed by atoms with Crippen LogP contribution in [0.25, 0.3) is 0 Å². The Morgan fingerprint density at radius 2 is 1.76 bits per heavy atom. The van der Waals surface area contributed by atoms with E-state index in [4.69, 9.17) is 15.1 Å². The second kappa shape index (κ2) is 10.9. The number of nitriles is 1. The maximum Gasteiger partial charge on any atom is 0.305 e. The van der Waals surface area contributed by atoms with Crippen LogP contribution in [-0.4, -0.2) is 23.7 Å². The number of rotatable bonds is 10. The van der Waals surface area contributed by atoms with E-state index < -0.39 is 5.97 Å². The van der Waals surface area contributed by atoms with Crippen molar-refractivity contribution in [2.24, 2.45) is 0 Å². The first-order valence-corrected chi connectivity index (χ1v) is 5.91. The Morgan fingerprint density at radius 3 is 2.41 bits per heavy atom. The van der Waals surface area contributed by atoms with E-state index in [0.29, 0.717) is 25.9 Å². The van der Waals surface area contributed by atoms with Gasteiger partial charge < -0.3 is 9.84 Å². The van der Waals surface area contributed by atoms with Crippen LogP contribution in [0, 0.1) is 11.3 Å². The lowest BCUT2D eigenvalue weighted by Crippen LogP contribution is -2.06. The van der Waals surface area contributed by atoms with Gasteiger partial charge in [-0.15, -0.1) is 0 Å². The van der Waals surface area contributed by atoms with Gasteiger partial charge in [-0.05, 0) is 32.1 Å². The van der Waals surface area contributed by atoms with Crippen LogP contribution in [0.5, 0.6) is 0 Å². The van der Waals surface area contributed by atoms with Crippen LogP contribution in [0.4, 0.5) is 0 Å². The lowest BCUT2D eigenvalue weighted by Gasteiger charge is -2.03. The Hall–Kier alpha value is -1.57. The molecule has 0 heterocycles. The molecule has 0 aromatic carbocycles. The van der Waals surface area contributed by atoms with Gasteiger partial charge in [0.2, 0.25) is 0 Å². The molecule has 0 aromatic heterocycles. The Labute approximate surface area is 101 Å². The van der Waals surface area contributed by atoms with Gasteiger partial charge in [0.15, 0.2) is 0 Å². The van der Waals surface area contributed by atoms with Crippen molar-refractivity contribution in [1.29, 1.82) is 5.26 Å². The van der Waals surface area contributed by atoms with Gasteiger partial charge in [-0.1, -0.05) is 0 Å². The van der Waals surface area contributed by atoms with Gasteiger partial charge in [0, 0.05) is 19.3 Å². The maximum absolute atomic E-state index is 11.2. The second-order valence-corrected chi connectivity index (χ2v) is 3.79. The minimum Gasteiger partial charge on any atom is -0.481 e. The topological polar surface area (TPSA) is 87.4 Å². The fourth-order valence-electron chi connectivity index (χ4n) is 1.29. The molecule has 96 valence electrons. The zero-order valence-electron chi connectivity index (χ0n) is 9.98. The third-order valence-corrected chi connectivity index (χ3v) is 2.22. The molecule has 0 aliphatic heterocycles. The van der Waals surface area contributed by atoms with E-state index in [0.717, 1.165) is 19.3 Å². The minimum atomic E-state index is -0.837. The first-order chi connectivity index (χ1) is 8.16. The van der Waals surface area contributed by atoms with Gasteiger partial charge in [-0.25, -0.2) is 0 Å². The van der Waals surface area contributed by atoms with Crippen LogP contribution in [0.1, 0.15) is 51.4 Å². The Bertz CT molecular complexity index is 270. The average molecular weight is 241 g/mol. The summed E-state index contributed by atoms with van der Waals surface area (Å²) in [7, 11) is 0. The molecule has 0 atom stereocenters. The number of nitrogens with zero attached hydrogens (tertiary/aromatic N) is 1. The van der Waals surface area contributed by atoms with E-state index >= 15 is 0 Å². The number of hydrogen-bond acceptors (Lipinski definition) is 4. The molecule has 0 spiro atoms. The van der Waals surface area contributed by atoms with Crippen molar-refractivity contribution in [3.05, 3.63) is 0 Å². The van der Waals surface area contributed by atoms with E-state index in [9.17, 15) is 9.59 Å². The number of hydrogen-bond donors (Lipinski definition) is 1. The highest BCUT2D eigenvalue weighted by molar-refractivity contribution is 5.69. The van der Waals surface area contributed by atoms with E-state index in [1.165, 1.54) is 0 Å².